The van der Waals surface area contributed by atoms with Gasteiger partial charge in [0, 0.05) is 19.2 Å². The molecule has 0 amide bonds. The zero-order valence-corrected chi connectivity index (χ0v) is 15.5. The van der Waals surface area contributed by atoms with E-state index in [0.29, 0.717) is 23.6 Å². The van der Waals surface area contributed by atoms with Crippen molar-refractivity contribution in [2.75, 3.05) is 13.2 Å². The van der Waals surface area contributed by atoms with Crippen molar-refractivity contribution in [2.45, 2.75) is 50.5 Å². The zero-order valence-electron chi connectivity index (χ0n) is 15.5. The zero-order chi connectivity index (χ0) is 18.2. The average molecular weight is 354 g/mol. The normalized spacial score (nSPS) is 21.4. The molecule has 140 valence electrons. The predicted octanol–water partition coefficient (Wildman–Crippen LogP) is 4.25. The van der Waals surface area contributed by atoms with Crippen molar-refractivity contribution in [3.05, 3.63) is 65.7 Å². The van der Waals surface area contributed by atoms with Crippen molar-refractivity contribution in [1.29, 1.82) is 0 Å². The second-order valence-electron chi connectivity index (χ2n) is 7.62. The highest BCUT2D eigenvalue weighted by Crippen LogP contribution is 2.33. The average Bonchev–Trinajstić information content (AvgIpc) is 2.70. The van der Waals surface area contributed by atoms with Crippen LogP contribution in [0, 0.1) is 5.92 Å². The molecule has 0 aromatic heterocycles. The first kappa shape index (κ1) is 18.9. The van der Waals surface area contributed by atoms with E-state index in [1.807, 2.05) is 6.07 Å². The number of nitrogens with one attached hydrogen (secondary N) is 1. The first-order valence-electron chi connectivity index (χ1n) is 9.91. The topological polar surface area (TPSA) is 52.5 Å². The Morgan fingerprint density at radius 1 is 0.923 bits per heavy atom. The van der Waals surface area contributed by atoms with Gasteiger partial charge in [0.15, 0.2) is 0 Å². The van der Waals surface area contributed by atoms with E-state index in [1.54, 1.807) is 12.1 Å². The molecule has 26 heavy (non-hydrogen) atoms. The van der Waals surface area contributed by atoms with E-state index < -0.39 is 0 Å². The van der Waals surface area contributed by atoms with Gasteiger partial charge in [-0.15, -0.1) is 0 Å². The number of hydrogen-bond acceptors (Lipinski definition) is 3. The van der Waals surface area contributed by atoms with Crippen molar-refractivity contribution in [3.8, 4) is 5.75 Å². The van der Waals surface area contributed by atoms with Gasteiger partial charge in [0.25, 0.3) is 0 Å². The molecule has 1 unspecified atom stereocenters. The fraction of sp³-hybridized carbons (Fsp3) is 0.478. The van der Waals surface area contributed by atoms with Crippen LogP contribution in [0.1, 0.15) is 49.1 Å². The third kappa shape index (κ3) is 5.58. The lowest BCUT2D eigenvalue weighted by Crippen LogP contribution is -2.37. The molecule has 3 N–H and O–H groups in total. The van der Waals surface area contributed by atoms with E-state index in [1.165, 1.54) is 36.8 Å². The van der Waals surface area contributed by atoms with Crippen LogP contribution >= 0.6 is 0 Å². The highest BCUT2D eigenvalue weighted by molar-refractivity contribution is 5.28. The van der Waals surface area contributed by atoms with E-state index in [0.717, 1.165) is 19.4 Å². The summed E-state index contributed by atoms with van der Waals surface area (Å²) in [6.07, 6.45) is 6.80. The lowest BCUT2D eigenvalue weighted by atomic mass is 9.81. The fourth-order valence-electron chi connectivity index (χ4n) is 3.98. The number of phenols is 1. The van der Waals surface area contributed by atoms with E-state index >= 15 is 0 Å². The van der Waals surface area contributed by atoms with Gasteiger partial charge in [-0.2, -0.15) is 0 Å². The molecular formula is C23H31NO2. The summed E-state index contributed by atoms with van der Waals surface area (Å²) in [6.45, 7) is 1.15. The maximum Gasteiger partial charge on any atom is 0.115 e. The Bertz CT molecular complexity index is 633. The largest absolute Gasteiger partial charge is 0.508 e. The lowest BCUT2D eigenvalue weighted by molar-refractivity contribution is 0.205. The molecule has 1 atom stereocenters. The fourth-order valence-corrected chi connectivity index (χ4v) is 3.98. The van der Waals surface area contributed by atoms with Crippen LogP contribution in [0.3, 0.4) is 0 Å². The highest BCUT2D eigenvalue weighted by Gasteiger charge is 2.22. The number of aryl methyl sites for hydroxylation is 1. The van der Waals surface area contributed by atoms with Crippen LogP contribution in [-0.4, -0.2) is 29.4 Å². The number of aromatic hydroxyl groups is 1. The summed E-state index contributed by atoms with van der Waals surface area (Å²) in [5.74, 6) is 1.28. The van der Waals surface area contributed by atoms with Gasteiger partial charge >= 0.3 is 0 Å². The number of hydrogen-bond donors (Lipinski definition) is 3. The van der Waals surface area contributed by atoms with Crippen molar-refractivity contribution >= 4 is 0 Å². The van der Waals surface area contributed by atoms with Gasteiger partial charge in [0.1, 0.15) is 5.75 Å². The Morgan fingerprint density at radius 2 is 1.62 bits per heavy atom. The van der Waals surface area contributed by atoms with E-state index in [-0.39, 0.29) is 6.61 Å². The number of aliphatic hydroxyl groups excluding tert-OH is 1. The molecular weight excluding hydrogens is 322 g/mol. The maximum absolute atomic E-state index is 9.69. The standard InChI is InChI=1S/C23H31NO2/c25-17-19(7-6-18-4-2-1-3-5-18)16-24-22-12-8-20(9-13-22)21-10-14-23(26)15-11-21/h1-5,10-11,14-15,19-20,22,24-26H,6-9,12-13,16-17H2/t19?,20-,22-. The molecule has 0 radical (unpaired) electrons. The van der Waals surface area contributed by atoms with Crippen molar-refractivity contribution in [2.24, 2.45) is 5.92 Å². The summed E-state index contributed by atoms with van der Waals surface area (Å²) in [7, 11) is 0. The highest BCUT2D eigenvalue weighted by atomic mass is 16.3. The van der Waals surface area contributed by atoms with Crippen LogP contribution in [0.5, 0.6) is 5.75 Å². The summed E-state index contributed by atoms with van der Waals surface area (Å²) in [6, 6.07) is 18.8. The smallest absolute Gasteiger partial charge is 0.115 e. The summed E-state index contributed by atoms with van der Waals surface area (Å²) >= 11 is 0. The van der Waals surface area contributed by atoms with Crippen LogP contribution in [0.4, 0.5) is 0 Å². The van der Waals surface area contributed by atoms with E-state index in [2.05, 4.69) is 41.7 Å². The summed E-state index contributed by atoms with van der Waals surface area (Å²) in [4.78, 5) is 0. The van der Waals surface area contributed by atoms with Crippen LogP contribution < -0.4 is 5.32 Å². The minimum Gasteiger partial charge on any atom is -0.508 e. The minimum absolute atomic E-state index is 0.253. The summed E-state index contributed by atoms with van der Waals surface area (Å²) < 4.78 is 0. The second kappa shape index (κ2) is 9.75. The summed E-state index contributed by atoms with van der Waals surface area (Å²) in [5, 5.41) is 22.8. The molecule has 1 fully saturated rings. The summed E-state index contributed by atoms with van der Waals surface area (Å²) in [5.41, 5.74) is 2.69. The Morgan fingerprint density at radius 3 is 2.27 bits per heavy atom. The third-order valence-electron chi connectivity index (χ3n) is 5.73. The number of benzene rings is 2. The molecule has 3 heteroatoms. The van der Waals surface area contributed by atoms with Crippen molar-refractivity contribution in [1.82, 2.24) is 5.32 Å². The van der Waals surface area contributed by atoms with Crippen molar-refractivity contribution < 1.29 is 10.2 Å². The molecule has 1 saturated carbocycles. The van der Waals surface area contributed by atoms with Gasteiger partial charge in [-0.25, -0.2) is 0 Å². The van der Waals surface area contributed by atoms with Gasteiger partial charge in [0.2, 0.25) is 0 Å². The monoisotopic (exact) mass is 353 g/mol. The Kier molecular flexibility index (Phi) is 7.10. The lowest BCUT2D eigenvalue weighted by Gasteiger charge is -2.30. The minimum atomic E-state index is 0.253. The van der Waals surface area contributed by atoms with Crippen LogP contribution in [0.25, 0.3) is 0 Å². The number of aliphatic hydroxyl groups is 1. The molecule has 3 nitrogen and oxygen atoms in total. The number of phenolic OH excluding ortho intramolecular Hbond substituents is 1. The predicted molar refractivity (Wildman–Crippen MR) is 106 cm³/mol. The molecule has 0 spiro atoms. The van der Waals surface area contributed by atoms with Gasteiger partial charge in [-0.05, 0) is 73.6 Å². The quantitative estimate of drug-likeness (QED) is 0.665. The van der Waals surface area contributed by atoms with Gasteiger partial charge in [0.05, 0.1) is 0 Å². The van der Waals surface area contributed by atoms with Crippen LogP contribution in [0.15, 0.2) is 54.6 Å². The molecule has 0 aliphatic heterocycles. The van der Waals surface area contributed by atoms with Gasteiger partial charge < -0.3 is 15.5 Å². The molecule has 0 bridgehead atoms. The Labute approximate surface area is 157 Å². The molecule has 3 rings (SSSR count). The van der Waals surface area contributed by atoms with E-state index in [9.17, 15) is 10.2 Å². The van der Waals surface area contributed by atoms with Crippen LogP contribution in [0.2, 0.25) is 0 Å². The first-order chi connectivity index (χ1) is 12.7. The molecule has 0 saturated heterocycles. The first-order valence-corrected chi connectivity index (χ1v) is 9.91. The van der Waals surface area contributed by atoms with Gasteiger partial charge in [-0.3, -0.25) is 0 Å². The molecule has 2 aromatic carbocycles. The molecule has 1 aliphatic rings. The van der Waals surface area contributed by atoms with Crippen molar-refractivity contribution in [3.63, 3.8) is 0 Å². The Balaban J connectivity index is 1.38. The number of rotatable bonds is 8. The molecule has 1 aliphatic carbocycles. The van der Waals surface area contributed by atoms with Gasteiger partial charge in [-0.1, -0.05) is 42.5 Å². The SMILES string of the molecule is OCC(CCc1ccccc1)CN[C@H]1CC[C@H](c2ccc(O)cc2)CC1. The third-order valence-corrected chi connectivity index (χ3v) is 5.73. The molecule has 0 heterocycles. The van der Waals surface area contributed by atoms with E-state index in [4.69, 9.17) is 0 Å². The van der Waals surface area contributed by atoms with Crippen LogP contribution in [-0.2, 0) is 6.42 Å². The Hall–Kier alpha value is -1.84. The maximum atomic E-state index is 9.69. The molecule has 2 aromatic rings. The second-order valence-corrected chi connectivity index (χ2v) is 7.62.